The third kappa shape index (κ3) is 8.13. The number of hydrogen-bond donors (Lipinski definition) is 3. The molecule has 0 aliphatic rings. The average Bonchev–Trinajstić information content (AvgIpc) is 2.44. The van der Waals surface area contributed by atoms with E-state index in [4.69, 9.17) is 16.2 Å². The van der Waals surface area contributed by atoms with Gasteiger partial charge in [-0.3, -0.25) is 14.4 Å². The van der Waals surface area contributed by atoms with Gasteiger partial charge in [0.15, 0.2) is 0 Å². The van der Waals surface area contributed by atoms with E-state index < -0.39 is 35.5 Å². The summed E-state index contributed by atoms with van der Waals surface area (Å²) in [4.78, 5) is 35.5. The molecule has 2 amide bonds. The Hall–Kier alpha value is -1.93. The molecule has 0 saturated heterocycles. The maximum absolute atomic E-state index is 12.2. The normalized spacial score (nSPS) is 13.6. The standard InChI is InChI=1S/C17H24BrN3O4/c1-17(2,3)25-14(22)9-12(19)16(24)21-13(15(20)23)8-10-5-4-6-11(18)7-10/h4-7,12-13H,8-9,19H2,1-3H3,(H2,20,23)(H,21,24)/t12-,13-/m0/s1. The highest BCUT2D eigenvalue weighted by atomic mass is 79.9. The molecule has 0 aliphatic heterocycles. The third-order valence-electron chi connectivity index (χ3n) is 3.13. The van der Waals surface area contributed by atoms with Crippen LogP contribution in [0.4, 0.5) is 0 Å². The van der Waals surface area contributed by atoms with Crippen LogP contribution in [0.5, 0.6) is 0 Å². The first-order valence-electron chi connectivity index (χ1n) is 7.79. The van der Waals surface area contributed by atoms with Crippen molar-refractivity contribution in [2.45, 2.75) is 51.3 Å². The van der Waals surface area contributed by atoms with Gasteiger partial charge in [0.05, 0.1) is 12.5 Å². The summed E-state index contributed by atoms with van der Waals surface area (Å²) >= 11 is 3.34. The number of nitrogens with two attached hydrogens (primary N) is 2. The number of nitrogens with one attached hydrogen (secondary N) is 1. The summed E-state index contributed by atoms with van der Waals surface area (Å²) < 4.78 is 5.97. The minimum Gasteiger partial charge on any atom is -0.460 e. The number of carbonyl (C=O) groups excluding carboxylic acids is 3. The van der Waals surface area contributed by atoms with Crippen molar-refractivity contribution >= 4 is 33.7 Å². The Labute approximate surface area is 155 Å². The minimum absolute atomic E-state index is 0.222. The number of benzene rings is 1. The lowest BCUT2D eigenvalue weighted by molar-refractivity contribution is -0.156. The summed E-state index contributed by atoms with van der Waals surface area (Å²) in [6, 6.07) is 5.24. The Balaban J connectivity index is 2.66. The van der Waals surface area contributed by atoms with E-state index in [9.17, 15) is 14.4 Å². The van der Waals surface area contributed by atoms with Crippen molar-refractivity contribution in [1.29, 1.82) is 0 Å². The van der Waals surface area contributed by atoms with Crippen molar-refractivity contribution in [3.63, 3.8) is 0 Å². The molecule has 0 radical (unpaired) electrons. The van der Waals surface area contributed by atoms with E-state index in [1.807, 2.05) is 24.3 Å². The molecule has 1 aromatic carbocycles. The highest BCUT2D eigenvalue weighted by Gasteiger charge is 2.26. The summed E-state index contributed by atoms with van der Waals surface area (Å²) in [5.74, 6) is -1.90. The van der Waals surface area contributed by atoms with Gasteiger partial charge in [-0.05, 0) is 38.5 Å². The topological polar surface area (TPSA) is 125 Å². The molecule has 8 heteroatoms. The molecule has 0 aromatic heterocycles. The number of esters is 1. The lowest BCUT2D eigenvalue weighted by Crippen LogP contribution is -2.52. The smallest absolute Gasteiger partial charge is 0.308 e. The Morgan fingerprint density at radius 3 is 2.44 bits per heavy atom. The van der Waals surface area contributed by atoms with Gasteiger partial charge in [0.25, 0.3) is 0 Å². The summed E-state index contributed by atoms with van der Waals surface area (Å²) in [6.45, 7) is 5.16. The molecule has 2 atom stereocenters. The van der Waals surface area contributed by atoms with E-state index >= 15 is 0 Å². The fourth-order valence-electron chi connectivity index (χ4n) is 2.06. The fraction of sp³-hybridized carbons (Fsp3) is 0.471. The van der Waals surface area contributed by atoms with Gasteiger partial charge in [-0.15, -0.1) is 0 Å². The van der Waals surface area contributed by atoms with Crippen LogP contribution < -0.4 is 16.8 Å². The van der Waals surface area contributed by atoms with E-state index in [0.29, 0.717) is 0 Å². The maximum Gasteiger partial charge on any atom is 0.308 e. The predicted octanol–water partition coefficient (Wildman–Crippen LogP) is 1.02. The Bertz CT molecular complexity index is 643. The molecule has 1 aromatic rings. The molecule has 1 rings (SSSR count). The second kappa shape index (κ2) is 8.96. The molecule has 0 aliphatic carbocycles. The molecule has 5 N–H and O–H groups in total. The second-order valence-corrected chi connectivity index (χ2v) is 7.61. The van der Waals surface area contributed by atoms with Crippen molar-refractivity contribution in [2.24, 2.45) is 11.5 Å². The quantitative estimate of drug-likeness (QED) is 0.575. The number of ether oxygens (including phenoxy) is 1. The molecule has 0 bridgehead atoms. The maximum atomic E-state index is 12.2. The van der Waals surface area contributed by atoms with Crippen molar-refractivity contribution in [3.05, 3.63) is 34.3 Å². The third-order valence-corrected chi connectivity index (χ3v) is 3.63. The van der Waals surface area contributed by atoms with Gasteiger partial charge in [-0.1, -0.05) is 28.1 Å². The van der Waals surface area contributed by atoms with Gasteiger partial charge < -0.3 is 21.5 Å². The monoisotopic (exact) mass is 413 g/mol. The number of rotatable bonds is 7. The first-order chi connectivity index (χ1) is 11.5. The fourth-order valence-corrected chi connectivity index (χ4v) is 2.50. The second-order valence-electron chi connectivity index (χ2n) is 6.69. The van der Waals surface area contributed by atoms with Gasteiger partial charge in [-0.25, -0.2) is 0 Å². The average molecular weight is 414 g/mol. The lowest BCUT2D eigenvalue weighted by atomic mass is 10.0. The van der Waals surface area contributed by atoms with Crippen molar-refractivity contribution in [1.82, 2.24) is 5.32 Å². The van der Waals surface area contributed by atoms with Crippen LogP contribution >= 0.6 is 15.9 Å². The van der Waals surface area contributed by atoms with E-state index in [0.717, 1.165) is 10.0 Å². The minimum atomic E-state index is -1.13. The number of carbonyl (C=O) groups is 3. The summed E-state index contributed by atoms with van der Waals surface area (Å²) in [6.07, 6.45) is -0.0643. The number of halogens is 1. The van der Waals surface area contributed by atoms with Gasteiger partial charge in [0.2, 0.25) is 11.8 Å². The van der Waals surface area contributed by atoms with Crippen LogP contribution in [-0.2, 0) is 25.5 Å². The molecule has 0 saturated carbocycles. The lowest BCUT2D eigenvalue weighted by Gasteiger charge is -2.22. The Morgan fingerprint density at radius 2 is 1.92 bits per heavy atom. The first kappa shape index (κ1) is 21.1. The van der Waals surface area contributed by atoms with Gasteiger partial charge in [0.1, 0.15) is 11.6 Å². The summed E-state index contributed by atoms with van der Waals surface area (Å²) in [5.41, 5.74) is 11.2. The highest BCUT2D eigenvalue weighted by Crippen LogP contribution is 2.13. The molecule has 0 fully saturated rings. The van der Waals surface area contributed by atoms with E-state index in [-0.39, 0.29) is 12.8 Å². The van der Waals surface area contributed by atoms with Crippen LogP contribution in [0.1, 0.15) is 32.8 Å². The molecular formula is C17H24BrN3O4. The number of amides is 2. The van der Waals surface area contributed by atoms with Gasteiger partial charge >= 0.3 is 5.97 Å². The van der Waals surface area contributed by atoms with Crippen LogP contribution in [0, 0.1) is 0 Å². The Kier molecular flexibility index (Phi) is 7.57. The Morgan fingerprint density at radius 1 is 1.28 bits per heavy atom. The molecule has 0 spiro atoms. The molecular weight excluding hydrogens is 390 g/mol. The molecule has 25 heavy (non-hydrogen) atoms. The summed E-state index contributed by atoms with van der Waals surface area (Å²) in [5, 5.41) is 2.49. The zero-order chi connectivity index (χ0) is 19.2. The molecule has 7 nitrogen and oxygen atoms in total. The van der Waals surface area contributed by atoms with E-state index in [1.54, 1.807) is 20.8 Å². The molecule has 138 valence electrons. The SMILES string of the molecule is CC(C)(C)OC(=O)C[C@H](N)C(=O)N[C@@H](Cc1cccc(Br)c1)C(N)=O. The van der Waals surface area contributed by atoms with Crippen molar-refractivity contribution in [2.75, 3.05) is 0 Å². The number of primary amides is 1. The zero-order valence-electron chi connectivity index (χ0n) is 14.5. The van der Waals surface area contributed by atoms with Crippen molar-refractivity contribution in [3.8, 4) is 0 Å². The van der Waals surface area contributed by atoms with Crippen LogP contribution in [0.25, 0.3) is 0 Å². The zero-order valence-corrected chi connectivity index (χ0v) is 16.1. The molecule has 0 heterocycles. The summed E-state index contributed by atoms with van der Waals surface area (Å²) in [7, 11) is 0. The number of hydrogen-bond acceptors (Lipinski definition) is 5. The van der Waals surface area contributed by atoms with E-state index in [1.165, 1.54) is 0 Å². The van der Waals surface area contributed by atoms with E-state index in [2.05, 4.69) is 21.2 Å². The molecule has 0 unspecified atom stereocenters. The predicted molar refractivity (Wildman–Crippen MR) is 97.4 cm³/mol. The van der Waals surface area contributed by atoms with Crippen LogP contribution in [-0.4, -0.2) is 35.5 Å². The highest BCUT2D eigenvalue weighted by molar-refractivity contribution is 9.10. The van der Waals surface area contributed by atoms with Crippen LogP contribution in [0.2, 0.25) is 0 Å². The first-order valence-corrected chi connectivity index (χ1v) is 8.59. The largest absolute Gasteiger partial charge is 0.460 e. The van der Waals surface area contributed by atoms with Crippen molar-refractivity contribution < 1.29 is 19.1 Å². The van der Waals surface area contributed by atoms with Crippen LogP contribution in [0.15, 0.2) is 28.7 Å². The van der Waals surface area contributed by atoms with Crippen LogP contribution in [0.3, 0.4) is 0 Å². The van der Waals surface area contributed by atoms with Gasteiger partial charge in [-0.2, -0.15) is 0 Å². The van der Waals surface area contributed by atoms with Gasteiger partial charge in [0, 0.05) is 10.9 Å².